The fraction of sp³-hybridized carbons (Fsp3) is 0.440. The van der Waals surface area contributed by atoms with Crippen molar-refractivity contribution < 1.29 is 4.79 Å². The highest BCUT2D eigenvalue weighted by atomic mass is 32.2. The topological polar surface area (TPSA) is 63.9 Å². The summed E-state index contributed by atoms with van der Waals surface area (Å²) in [5, 5.41) is 9.29. The first kappa shape index (κ1) is 21.2. The van der Waals surface area contributed by atoms with Crippen molar-refractivity contribution in [2.45, 2.75) is 49.8 Å². The van der Waals surface area contributed by atoms with Crippen molar-refractivity contribution in [2.24, 2.45) is 0 Å². The van der Waals surface area contributed by atoms with E-state index in [9.17, 15) is 4.79 Å². The van der Waals surface area contributed by atoms with Gasteiger partial charge in [-0.2, -0.15) is 11.8 Å². The molecule has 1 aliphatic carbocycles. The van der Waals surface area contributed by atoms with E-state index in [0.29, 0.717) is 5.56 Å². The van der Waals surface area contributed by atoms with Crippen LogP contribution in [0.15, 0.2) is 42.6 Å². The lowest BCUT2D eigenvalue weighted by atomic mass is 9.93. The van der Waals surface area contributed by atoms with Crippen LogP contribution in [0.4, 0.5) is 0 Å². The van der Waals surface area contributed by atoms with E-state index in [4.69, 9.17) is 5.10 Å². The summed E-state index contributed by atoms with van der Waals surface area (Å²) in [5.41, 5.74) is 3.80. The van der Waals surface area contributed by atoms with E-state index < -0.39 is 0 Å². The van der Waals surface area contributed by atoms with Crippen LogP contribution in [0.2, 0.25) is 0 Å². The molecule has 0 spiro atoms. The molecule has 1 fully saturated rings. The predicted molar refractivity (Wildman–Crippen MR) is 128 cm³/mol. The van der Waals surface area contributed by atoms with Gasteiger partial charge in [-0.25, -0.2) is 0 Å². The molecule has 0 saturated heterocycles. The van der Waals surface area contributed by atoms with Crippen LogP contribution in [0, 0.1) is 0 Å². The Morgan fingerprint density at radius 2 is 1.81 bits per heavy atom. The van der Waals surface area contributed by atoms with Crippen LogP contribution in [0.25, 0.3) is 11.3 Å². The zero-order valence-electron chi connectivity index (χ0n) is 19.1. The van der Waals surface area contributed by atoms with Gasteiger partial charge in [0.05, 0.1) is 16.7 Å². The SMILES string of the molecule is CN(C)C(=O)c1ccc(-c2ccc(C3(c4nnc5n4CCSC(C)(C)C5)CC3)cc2)nc1. The Hall–Kier alpha value is -2.67. The Morgan fingerprint density at radius 3 is 2.44 bits per heavy atom. The van der Waals surface area contributed by atoms with E-state index in [1.807, 2.05) is 23.9 Å². The number of thioether (sulfide) groups is 1. The summed E-state index contributed by atoms with van der Waals surface area (Å²) >= 11 is 2.02. The fourth-order valence-electron chi connectivity index (χ4n) is 4.58. The molecule has 32 heavy (non-hydrogen) atoms. The first-order chi connectivity index (χ1) is 15.3. The van der Waals surface area contributed by atoms with Crippen LogP contribution in [0.5, 0.6) is 0 Å². The first-order valence-corrected chi connectivity index (χ1v) is 12.1. The van der Waals surface area contributed by atoms with Gasteiger partial charge in [-0.1, -0.05) is 38.1 Å². The predicted octanol–water partition coefficient (Wildman–Crippen LogP) is 4.19. The molecule has 3 aromatic rings. The summed E-state index contributed by atoms with van der Waals surface area (Å²) < 4.78 is 2.58. The molecule has 0 radical (unpaired) electrons. The molecule has 0 bridgehead atoms. The highest BCUT2D eigenvalue weighted by molar-refractivity contribution is 8.00. The van der Waals surface area contributed by atoms with Crippen molar-refractivity contribution >= 4 is 17.7 Å². The number of nitrogens with zero attached hydrogens (tertiary/aromatic N) is 5. The standard InChI is InChI=1S/C25H29N5OS/c1-24(2)15-21-27-28-23(30(21)13-14-32-24)25(11-12-25)19-8-5-17(6-9-19)20-10-7-18(16-26-20)22(31)29(3)4/h5-10,16H,11-15H2,1-4H3. The van der Waals surface area contributed by atoms with Gasteiger partial charge in [0.25, 0.3) is 5.91 Å². The number of hydrogen-bond acceptors (Lipinski definition) is 5. The molecule has 0 atom stereocenters. The summed E-state index contributed by atoms with van der Waals surface area (Å²) in [6, 6.07) is 12.4. The number of aromatic nitrogens is 4. The van der Waals surface area contributed by atoms with Gasteiger partial charge in [0.1, 0.15) is 11.6 Å². The minimum Gasteiger partial charge on any atom is -0.345 e. The molecule has 1 amide bonds. The Morgan fingerprint density at radius 1 is 1.06 bits per heavy atom. The summed E-state index contributed by atoms with van der Waals surface area (Å²) in [6.45, 7) is 5.57. The molecular weight excluding hydrogens is 418 g/mol. The minimum absolute atomic E-state index is 0.0155. The summed E-state index contributed by atoms with van der Waals surface area (Å²) in [7, 11) is 3.49. The number of fused-ring (bicyclic) bond motifs is 1. The second-order valence-corrected chi connectivity index (χ2v) is 11.5. The van der Waals surface area contributed by atoms with E-state index in [0.717, 1.165) is 54.5 Å². The summed E-state index contributed by atoms with van der Waals surface area (Å²) in [5.74, 6) is 3.31. The lowest BCUT2D eigenvalue weighted by molar-refractivity contribution is 0.0827. The molecule has 1 aromatic carbocycles. The number of amides is 1. The van der Waals surface area contributed by atoms with Crippen molar-refractivity contribution in [3.05, 3.63) is 65.4 Å². The van der Waals surface area contributed by atoms with Crippen molar-refractivity contribution in [1.29, 1.82) is 0 Å². The van der Waals surface area contributed by atoms with Gasteiger partial charge >= 0.3 is 0 Å². The Labute approximate surface area is 193 Å². The number of carbonyl (C=O) groups excluding carboxylic acids is 1. The molecule has 166 valence electrons. The third-order valence-electron chi connectivity index (χ3n) is 6.55. The van der Waals surface area contributed by atoms with Crippen molar-refractivity contribution in [1.82, 2.24) is 24.6 Å². The van der Waals surface area contributed by atoms with Gasteiger partial charge in [0.2, 0.25) is 0 Å². The van der Waals surface area contributed by atoms with Gasteiger partial charge in [-0.15, -0.1) is 10.2 Å². The van der Waals surface area contributed by atoms with Crippen LogP contribution in [-0.4, -0.2) is 55.2 Å². The van der Waals surface area contributed by atoms with Crippen molar-refractivity contribution in [2.75, 3.05) is 19.8 Å². The molecule has 1 aliphatic heterocycles. The third kappa shape index (κ3) is 3.72. The van der Waals surface area contributed by atoms with Gasteiger partial charge in [0, 0.05) is 49.3 Å². The molecule has 2 aromatic heterocycles. The number of carbonyl (C=O) groups is 1. The molecule has 2 aliphatic rings. The second-order valence-electron chi connectivity index (χ2n) is 9.67. The minimum atomic E-state index is -0.0377. The zero-order chi connectivity index (χ0) is 22.5. The molecule has 6 nitrogen and oxygen atoms in total. The smallest absolute Gasteiger partial charge is 0.254 e. The van der Waals surface area contributed by atoms with Crippen molar-refractivity contribution in [3.63, 3.8) is 0 Å². The quantitative estimate of drug-likeness (QED) is 0.600. The van der Waals surface area contributed by atoms with Crippen LogP contribution in [0.3, 0.4) is 0 Å². The maximum Gasteiger partial charge on any atom is 0.254 e. The zero-order valence-corrected chi connectivity index (χ0v) is 19.9. The second kappa shape index (κ2) is 7.73. The Kier molecular flexibility index (Phi) is 5.12. The van der Waals surface area contributed by atoms with Crippen LogP contribution in [0.1, 0.15) is 54.3 Å². The monoisotopic (exact) mass is 447 g/mol. The molecule has 0 N–H and O–H groups in total. The number of rotatable bonds is 4. The van der Waals surface area contributed by atoms with E-state index >= 15 is 0 Å². The number of hydrogen-bond donors (Lipinski definition) is 0. The van der Waals surface area contributed by atoms with E-state index in [2.05, 4.69) is 52.8 Å². The number of benzene rings is 1. The lowest BCUT2D eigenvalue weighted by Gasteiger charge is -2.19. The summed E-state index contributed by atoms with van der Waals surface area (Å²) in [4.78, 5) is 18.2. The molecule has 0 unspecified atom stereocenters. The maximum atomic E-state index is 12.1. The number of pyridine rings is 1. The Bertz CT molecular complexity index is 1140. The van der Waals surface area contributed by atoms with Gasteiger partial charge in [-0.3, -0.25) is 9.78 Å². The van der Waals surface area contributed by atoms with E-state index in [1.54, 1.807) is 25.2 Å². The summed E-state index contributed by atoms with van der Waals surface area (Å²) in [6.07, 6.45) is 4.83. The lowest BCUT2D eigenvalue weighted by Crippen LogP contribution is -2.21. The fourth-order valence-corrected chi connectivity index (χ4v) is 5.63. The van der Waals surface area contributed by atoms with Gasteiger partial charge < -0.3 is 9.47 Å². The van der Waals surface area contributed by atoms with E-state index in [-0.39, 0.29) is 16.1 Å². The first-order valence-electron chi connectivity index (χ1n) is 11.1. The highest BCUT2D eigenvalue weighted by Crippen LogP contribution is 2.53. The van der Waals surface area contributed by atoms with Gasteiger partial charge in [-0.05, 0) is 30.5 Å². The maximum absolute atomic E-state index is 12.1. The molecule has 7 heteroatoms. The van der Waals surface area contributed by atoms with Crippen LogP contribution in [-0.2, 0) is 18.4 Å². The van der Waals surface area contributed by atoms with Crippen LogP contribution < -0.4 is 0 Å². The van der Waals surface area contributed by atoms with E-state index in [1.165, 1.54) is 5.56 Å². The van der Waals surface area contributed by atoms with Crippen molar-refractivity contribution in [3.8, 4) is 11.3 Å². The third-order valence-corrected chi connectivity index (χ3v) is 7.86. The molecule has 5 rings (SSSR count). The highest BCUT2D eigenvalue weighted by Gasteiger charge is 2.50. The normalized spacial score (nSPS) is 18.5. The van der Waals surface area contributed by atoms with Gasteiger partial charge in [0.15, 0.2) is 0 Å². The largest absolute Gasteiger partial charge is 0.345 e. The molecule has 3 heterocycles. The van der Waals surface area contributed by atoms with Crippen LogP contribution >= 0.6 is 11.8 Å². The average Bonchev–Trinajstić information content (AvgIpc) is 3.52. The molecular formula is C25H29N5OS. The average molecular weight is 448 g/mol. The Balaban J connectivity index is 1.40. The molecule has 1 saturated carbocycles.